The minimum atomic E-state index is -0.246. The van der Waals surface area contributed by atoms with Crippen LogP contribution >= 0.6 is 0 Å². The van der Waals surface area contributed by atoms with E-state index < -0.39 is 0 Å². The first-order valence-electron chi connectivity index (χ1n) is 11.1. The fraction of sp³-hybridized carbons (Fsp3) is 0.565. The molecule has 3 heterocycles. The van der Waals surface area contributed by atoms with Gasteiger partial charge < -0.3 is 15.3 Å². The van der Waals surface area contributed by atoms with Crippen LogP contribution in [0.4, 0.5) is 5.69 Å². The van der Waals surface area contributed by atoms with Gasteiger partial charge in [-0.25, -0.2) is 0 Å². The molecular formula is C23H30N6O2. The molecule has 2 aromatic rings. The molecule has 0 saturated carbocycles. The van der Waals surface area contributed by atoms with E-state index in [1.807, 2.05) is 13.0 Å². The number of aliphatic hydroxyl groups excluding tert-OH is 1. The lowest BCUT2D eigenvalue weighted by molar-refractivity contribution is -0.127. The Morgan fingerprint density at radius 1 is 1.23 bits per heavy atom. The second-order valence-electron chi connectivity index (χ2n) is 8.89. The Hall–Kier alpha value is -2.76. The molecule has 31 heavy (non-hydrogen) atoms. The summed E-state index contributed by atoms with van der Waals surface area (Å²) in [6.07, 6.45) is 5.38. The smallest absolute Gasteiger partial charge is 0.237 e. The summed E-state index contributed by atoms with van der Waals surface area (Å²) in [5.74, 6) is 0.446. The number of anilines is 1. The second-order valence-corrected chi connectivity index (χ2v) is 8.89. The molecule has 164 valence electrons. The highest BCUT2D eigenvalue weighted by Crippen LogP contribution is 2.30. The third-order valence-electron chi connectivity index (χ3n) is 6.50. The molecule has 2 aliphatic heterocycles. The van der Waals surface area contributed by atoms with Crippen molar-refractivity contribution in [1.29, 1.82) is 5.26 Å². The van der Waals surface area contributed by atoms with Gasteiger partial charge in [0, 0.05) is 44.6 Å². The fourth-order valence-corrected chi connectivity index (χ4v) is 4.80. The molecule has 4 rings (SSSR count). The lowest BCUT2D eigenvalue weighted by atomic mass is 9.94. The van der Waals surface area contributed by atoms with Crippen LogP contribution in [0.5, 0.6) is 0 Å². The summed E-state index contributed by atoms with van der Waals surface area (Å²) >= 11 is 0. The first-order chi connectivity index (χ1) is 15.0. The van der Waals surface area contributed by atoms with Gasteiger partial charge in [-0.05, 0) is 44.2 Å². The molecule has 0 aliphatic carbocycles. The van der Waals surface area contributed by atoms with Crippen molar-refractivity contribution in [1.82, 2.24) is 20.2 Å². The van der Waals surface area contributed by atoms with E-state index in [-0.39, 0.29) is 24.1 Å². The van der Waals surface area contributed by atoms with Crippen LogP contribution in [0.15, 0.2) is 24.5 Å². The lowest BCUT2D eigenvalue weighted by Gasteiger charge is -2.40. The first kappa shape index (κ1) is 21.5. The summed E-state index contributed by atoms with van der Waals surface area (Å²) in [7, 11) is 0. The maximum absolute atomic E-state index is 12.9. The highest BCUT2D eigenvalue weighted by Gasteiger charge is 2.31. The number of piperidine rings is 2. The summed E-state index contributed by atoms with van der Waals surface area (Å²) in [5.41, 5.74) is 2.80. The Morgan fingerprint density at radius 2 is 1.94 bits per heavy atom. The van der Waals surface area contributed by atoms with E-state index in [1.54, 1.807) is 18.5 Å². The highest BCUT2D eigenvalue weighted by molar-refractivity contribution is 5.92. The highest BCUT2D eigenvalue weighted by atomic mass is 16.3. The van der Waals surface area contributed by atoms with Crippen molar-refractivity contribution in [2.24, 2.45) is 5.92 Å². The normalized spacial score (nSPS) is 24.0. The minimum Gasteiger partial charge on any atom is -0.393 e. The van der Waals surface area contributed by atoms with Gasteiger partial charge >= 0.3 is 0 Å². The number of carbonyl (C=O) groups is 1. The summed E-state index contributed by atoms with van der Waals surface area (Å²) in [4.78, 5) is 26.2. The van der Waals surface area contributed by atoms with Crippen LogP contribution in [-0.2, 0) is 4.79 Å². The molecule has 1 aromatic carbocycles. The molecular weight excluding hydrogens is 392 g/mol. The molecule has 2 saturated heterocycles. The maximum atomic E-state index is 12.9. The molecule has 1 aromatic heterocycles. The summed E-state index contributed by atoms with van der Waals surface area (Å²) < 4.78 is 0. The number of aliphatic hydroxyl groups is 1. The van der Waals surface area contributed by atoms with Crippen molar-refractivity contribution in [2.45, 2.75) is 51.3 Å². The van der Waals surface area contributed by atoms with Crippen LogP contribution in [0, 0.1) is 17.2 Å². The Bertz CT molecular complexity index is 982. The van der Waals surface area contributed by atoms with Gasteiger partial charge in [-0.3, -0.25) is 19.7 Å². The second kappa shape index (κ2) is 9.16. The van der Waals surface area contributed by atoms with E-state index in [4.69, 9.17) is 0 Å². The van der Waals surface area contributed by atoms with Gasteiger partial charge in [-0.2, -0.15) is 5.26 Å². The fourth-order valence-electron chi connectivity index (χ4n) is 4.80. The van der Waals surface area contributed by atoms with Gasteiger partial charge in [0.05, 0.1) is 23.4 Å². The van der Waals surface area contributed by atoms with Crippen molar-refractivity contribution in [3.8, 4) is 6.07 Å². The van der Waals surface area contributed by atoms with Crippen LogP contribution in [0.2, 0.25) is 0 Å². The van der Waals surface area contributed by atoms with Gasteiger partial charge in [0.15, 0.2) is 0 Å². The zero-order valence-electron chi connectivity index (χ0n) is 18.2. The average Bonchev–Trinajstić information content (AvgIpc) is 2.78. The van der Waals surface area contributed by atoms with Crippen molar-refractivity contribution >= 4 is 22.6 Å². The minimum absolute atomic E-state index is 0.0384. The maximum Gasteiger partial charge on any atom is 0.237 e. The first-order valence-corrected chi connectivity index (χ1v) is 11.1. The van der Waals surface area contributed by atoms with Crippen LogP contribution in [-0.4, -0.2) is 70.2 Å². The molecule has 2 N–H and O–H groups in total. The number of nitrogens with zero attached hydrogens (tertiary/aromatic N) is 5. The number of fused-ring (bicyclic) bond motifs is 1. The third-order valence-corrected chi connectivity index (χ3v) is 6.50. The molecule has 3 atom stereocenters. The largest absolute Gasteiger partial charge is 0.393 e. The van der Waals surface area contributed by atoms with E-state index in [2.05, 4.69) is 38.1 Å². The zero-order valence-corrected chi connectivity index (χ0v) is 18.2. The van der Waals surface area contributed by atoms with Gasteiger partial charge in [0.1, 0.15) is 17.1 Å². The number of nitrogens with one attached hydrogen (secondary N) is 1. The predicted molar refractivity (Wildman–Crippen MR) is 118 cm³/mol. The van der Waals surface area contributed by atoms with E-state index in [0.717, 1.165) is 50.1 Å². The summed E-state index contributed by atoms with van der Waals surface area (Å²) in [6, 6.07) is 5.76. The summed E-state index contributed by atoms with van der Waals surface area (Å²) in [5, 5.41) is 22.4. The molecule has 1 unspecified atom stereocenters. The molecule has 2 fully saturated rings. The Labute approximate surface area is 182 Å². The van der Waals surface area contributed by atoms with E-state index >= 15 is 0 Å². The van der Waals surface area contributed by atoms with Gasteiger partial charge in [-0.15, -0.1) is 0 Å². The van der Waals surface area contributed by atoms with Crippen molar-refractivity contribution < 1.29 is 9.90 Å². The number of carbonyl (C=O) groups excluding carboxylic acids is 1. The van der Waals surface area contributed by atoms with Crippen molar-refractivity contribution in [3.63, 3.8) is 0 Å². The number of likely N-dealkylation sites (tertiary alicyclic amines) is 1. The molecule has 0 bridgehead atoms. The Balaban J connectivity index is 1.48. The van der Waals surface area contributed by atoms with Crippen LogP contribution in [0.25, 0.3) is 11.0 Å². The standard InChI is InChI=1S/C23H30N6O2/c1-15-11-18(27-23(31)16(2)28-9-5-19(30)6-10-28)14-29(13-15)20-4-3-17(12-24)21-22(20)26-8-7-25-21/h3-4,7-8,15-16,18-19,30H,5-6,9-11,13-14H2,1-2H3,(H,27,31)/t15-,16?,18+/m0/s1. The van der Waals surface area contributed by atoms with E-state index in [1.165, 1.54) is 0 Å². The van der Waals surface area contributed by atoms with Crippen molar-refractivity contribution in [3.05, 3.63) is 30.1 Å². The number of hydrogen-bond donors (Lipinski definition) is 2. The quantitative estimate of drug-likeness (QED) is 0.772. The third kappa shape index (κ3) is 4.63. The number of amides is 1. The summed E-state index contributed by atoms with van der Waals surface area (Å²) in [6.45, 7) is 7.19. The SMILES string of the molecule is CC(C(=O)N[C@@H]1C[C@H](C)CN(c2ccc(C#N)c3nccnc23)C1)N1CCC(O)CC1. The predicted octanol–water partition coefficient (Wildman–Crippen LogP) is 1.68. The van der Waals surface area contributed by atoms with Gasteiger partial charge in [0.25, 0.3) is 0 Å². The number of aromatic nitrogens is 2. The Morgan fingerprint density at radius 3 is 2.65 bits per heavy atom. The van der Waals surface area contributed by atoms with Crippen molar-refractivity contribution in [2.75, 3.05) is 31.1 Å². The van der Waals surface area contributed by atoms with Crippen LogP contribution in [0.1, 0.15) is 38.7 Å². The van der Waals surface area contributed by atoms with Crippen LogP contribution in [0.3, 0.4) is 0 Å². The monoisotopic (exact) mass is 422 g/mol. The zero-order chi connectivity index (χ0) is 22.0. The molecule has 8 heteroatoms. The number of nitriles is 1. The van der Waals surface area contributed by atoms with E-state index in [0.29, 0.717) is 23.5 Å². The Kier molecular flexibility index (Phi) is 6.35. The topological polar surface area (TPSA) is 105 Å². The molecule has 0 spiro atoms. The molecule has 1 amide bonds. The van der Waals surface area contributed by atoms with Gasteiger partial charge in [0.2, 0.25) is 5.91 Å². The number of rotatable bonds is 4. The van der Waals surface area contributed by atoms with Crippen LogP contribution < -0.4 is 10.2 Å². The number of hydrogen-bond acceptors (Lipinski definition) is 7. The molecule has 0 radical (unpaired) electrons. The van der Waals surface area contributed by atoms with Gasteiger partial charge in [-0.1, -0.05) is 6.92 Å². The lowest BCUT2D eigenvalue weighted by Crippen LogP contribution is -2.55. The van der Waals surface area contributed by atoms with E-state index in [9.17, 15) is 15.2 Å². The molecule has 2 aliphatic rings. The number of benzene rings is 1. The average molecular weight is 423 g/mol. The molecule has 8 nitrogen and oxygen atoms in total.